The molecule has 0 aromatic heterocycles. The summed E-state index contributed by atoms with van der Waals surface area (Å²) in [4.78, 5) is 12.9. The van der Waals surface area contributed by atoms with Crippen LogP contribution in [0.4, 0.5) is 0 Å². The second-order valence-corrected chi connectivity index (χ2v) is 16.2. The average Bonchev–Trinajstić information content (AvgIpc) is 3.18. The fraction of sp³-hybridized carbons (Fsp3) is 0.891. The van der Waals surface area contributed by atoms with Crippen LogP contribution in [0.25, 0.3) is 0 Å². The smallest absolute Gasteiger partial charge is 0.220 e. The Labute approximate surface area is 337 Å². The molecule has 0 spiro atoms. The zero-order chi connectivity index (χ0) is 40.2. The number of nitrogens with one attached hydrogen (secondary N) is 1. The number of aliphatic hydroxyl groups excluding tert-OH is 5. The highest BCUT2D eigenvalue weighted by molar-refractivity contribution is 5.76. The van der Waals surface area contributed by atoms with Crippen LogP contribution in [-0.4, -0.2) is 87.5 Å². The molecule has 7 atom stereocenters. The summed E-state index contributed by atoms with van der Waals surface area (Å²) in [6.07, 6.45) is 36.8. The molecule has 55 heavy (non-hydrogen) atoms. The van der Waals surface area contributed by atoms with Crippen LogP contribution in [0.15, 0.2) is 24.3 Å². The van der Waals surface area contributed by atoms with Crippen molar-refractivity contribution in [3.8, 4) is 0 Å². The summed E-state index contributed by atoms with van der Waals surface area (Å²) in [5.74, 6) is -0.187. The molecule has 1 rings (SSSR count). The lowest BCUT2D eigenvalue weighted by atomic mass is 9.99. The highest BCUT2D eigenvalue weighted by Crippen LogP contribution is 2.23. The van der Waals surface area contributed by atoms with E-state index in [1.54, 1.807) is 6.08 Å². The van der Waals surface area contributed by atoms with Gasteiger partial charge in [-0.05, 0) is 32.1 Å². The van der Waals surface area contributed by atoms with Gasteiger partial charge in [0.15, 0.2) is 6.29 Å². The second kappa shape index (κ2) is 37.0. The van der Waals surface area contributed by atoms with E-state index in [2.05, 4.69) is 31.3 Å². The van der Waals surface area contributed by atoms with E-state index in [1.807, 2.05) is 6.08 Å². The van der Waals surface area contributed by atoms with Gasteiger partial charge in [0.1, 0.15) is 24.4 Å². The molecule has 0 saturated carbocycles. The molecule has 9 heteroatoms. The molecule has 0 bridgehead atoms. The Hall–Kier alpha value is -1.33. The molecule has 7 unspecified atom stereocenters. The van der Waals surface area contributed by atoms with Crippen LogP contribution in [0.1, 0.15) is 206 Å². The number of aliphatic hydroxyl groups is 5. The predicted octanol–water partition coefficient (Wildman–Crippen LogP) is 9.50. The summed E-state index contributed by atoms with van der Waals surface area (Å²) in [5.41, 5.74) is 0. The average molecular weight is 782 g/mol. The number of unbranched alkanes of at least 4 members (excludes halogenated alkanes) is 26. The maximum atomic E-state index is 12.9. The van der Waals surface area contributed by atoms with E-state index in [0.717, 1.165) is 38.5 Å². The molecular weight excluding hydrogens is 695 g/mol. The van der Waals surface area contributed by atoms with Crippen molar-refractivity contribution in [1.82, 2.24) is 5.32 Å². The molecule has 324 valence electrons. The van der Waals surface area contributed by atoms with Crippen molar-refractivity contribution in [1.29, 1.82) is 0 Å². The summed E-state index contributed by atoms with van der Waals surface area (Å²) < 4.78 is 11.2. The number of allylic oxidation sites excluding steroid dienone is 3. The van der Waals surface area contributed by atoms with Gasteiger partial charge in [-0.15, -0.1) is 0 Å². The highest BCUT2D eigenvalue weighted by atomic mass is 16.7. The molecule has 1 aliphatic heterocycles. The van der Waals surface area contributed by atoms with Crippen molar-refractivity contribution in [2.24, 2.45) is 0 Å². The number of rotatable bonds is 38. The van der Waals surface area contributed by atoms with Crippen LogP contribution in [0.5, 0.6) is 0 Å². The summed E-state index contributed by atoms with van der Waals surface area (Å²) in [5, 5.41) is 53.9. The van der Waals surface area contributed by atoms with Gasteiger partial charge >= 0.3 is 0 Å². The van der Waals surface area contributed by atoms with E-state index >= 15 is 0 Å². The Balaban J connectivity index is 2.23. The van der Waals surface area contributed by atoms with Gasteiger partial charge in [-0.2, -0.15) is 0 Å². The number of ether oxygens (including phenoxy) is 2. The van der Waals surface area contributed by atoms with Gasteiger partial charge in [0, 0.05) is 6.42 Å². The van der Waals surface area contributed by atoms with E-state index in [-0.39, 0.29) is 12.5 Å². The van der Waals surface area contributed by atoms with Crippen LogP contribution in [-0.2, 0) is 14.3 Å². The lowest BCUT2D eigenvalue weighted by Gasteiger charge is -2.40. The molecular formula is C46H87NO8. The largest absolute Gasteiger partial charge is 0.394 e. The van der Waals surface area contributed by atoms with Crippen molar-refractivity contribution in [2.75, 3.05) is 13.2 Å². The van der Waals surface area contributed by atoms with E-state index in [9.17, 15) is 30.3 Å². The summed E-state index contributed by atoms with van der Waals surface area (Å²) >= 11 is 0. The lowest BCUT2D eigenvalue weighted by Crippen LogP contribution is -2.60. The van der Waals surface area contributed by atoms with Crippen LogP contribution in [0, 0.1) is 0 Å². The van der Waals surface area contributed by atoms with Crippen molar-refractivity contribution < 1.29 is 39.8 Å². The number of hydrogen-bond donors (Lipinski definition) is 6. The Kier molecular flexibility index (Phi) is 34.7. The standard InChI is InChI=1S/C46H87NO8/c1-3-5-7-9-11-13-14-15-16-17-18-19-20-21-22-23-24-25-26-28-30-32-34-36-42(50)47-39(40(49)35-33-31-29-27-12-10-8-6-4-2)38-54-46-45(53)44(52)43(51)41(37-48)55-46/h12,27,33,35,39-41,43-46,48-49,51-53H,3-11,13-26,28-32,34,36-38H2,1-2H3,(H,47,50)/b27-12+,35-33+. The van der Waals surface area contributed by atoms with Crippen molar-refractivity contribution in [3.05, 3.63) is 24.3 Å². The van der Waals surface area contributed by atoms with Gasteiger partial charge in [0.2, 0.25) is 5.91 Å². The van der Waals surface area contributed by atoms with E-state index in [1.165, 1.54) is 148 Å². The zero-order valence-corrected chi connectivity index (χ0v) is 35.4. The number of hydrogen-bond acceptors (Lipinski definition) is 8. The first-order chi connectivity index (χ1) is 26.8. The SMILES string of the molecule is CCCCC/C=C/CC/C=C/C(O)C(COC1OC(CO)C(O)C(O)C1O)NC(=O)CCCCCCCCCCCCCCCCCCCCCCCCC. The number of amides is 1. The quantitative estimate of drug-likeness (QED) is 0.0268. The topological polar surface area (TPSA) is 149 Å². The van der Waals surface area contributed by atoms with Gasteiger partial charge in [0.25, 0.3) is 0 Å². The summed E-state index contributed by atoms with van der Waals surface area (Å²) in [6.45, 7) is 3.71. The third-order valence-corrected chi connectivity index (χ3v) is 11.0. The number of carbonyl (C=O) groups is 1. The first-order valence-corrected chi connectivity index (χ1v) is 23.1. The zero-order valence-electron chi connectivity index (χ0n) is 35.4. The molecule has 0 aliphatic carbocycles. The molecule has 1 saturated heterocycles. The molecule has 1 heterocycles. The van der Waals surface area contributed by atoms with Gasteiger partial charge < -0.3 is 40.3 Å². The Morgan fingerprint density at radius 2 is 1.04 bits per heavy atom. The normalized spacial score (nSPS) is 21.5. The predicted molar refractivity (Wildman–Crippen MR) is 226 cm³/mol. The number of carbonyl (C=O) groups excluding carboxylic acids is 1. The summed E-state index contributed by atoms with van der Waals surface area (Å²) in [6, 6.07) is -0.815. The molecule has 0 radical (unpaired) electrons. The fourth-order valence-corrected chi connectivity index (χ4v) is 7.29. The van der Waals surface area contributed by atoms with Crippen molar-refractivity contribution >= 4 is 5.91 Å². The first kappa shape index (κ1) is 51.7. The molecule has 1 fully saturated rings. The molecule has 0 aromatic carbocycles. The maximum Gasteiger partial charge on any atom is 0.220 e. The van der Waals surface area contributed by atoms with Gasteiger partial charge in [-0.1, -0.05) is 192 Å². The minimum atomic E-state index is -1.57. The van der Waals surface area contributed by atoms with Gasteiger partial charge in [0.05, 0.1) is 25.4 Å². The van der Waals surface area contributed by atoms with E-state index in [4.69, 9.17) is 9.47 Å². The second-order valence-electron chi connectivity index (χ2n) is 16.2. The van der Waals surface area contributed by atoms with Gasteiger partial charge in [-0.25, -0.2) is 0 Å². The summed E-state index contributed by atoms with van der Waals surface area (Å²) in [7, 11) is 0. The molecule has 0 aromatic rings. The Bertz CT molecular complexity index is 914. The minimum Gasteiger partial charge on any atom is -0.394 e. The van der Waals surface area contributed by atoms with E-state index in [0.29, 0.717) is 6.42 Å². The fourth-order valence-electron chi connectivity index (χ4n) is 7.29. The molecule has 9 nitrogen and oxygen atoms in total. The first-order valence-electron chi connectivity index (χ1n) is 23.1. The molecule has 6 N–H and O–H groups in total. The third kappa shape index (κ3) is 27.9. The molecule has 1 amide bonds. The molecule has 1 aliphatic rings. The minimum absolute atomic E-state index is 0.187. The van der Waals surface area contributed by atoms with Crippen LogP contribution < -0.4 is 5.32 Å². The Morgan fingerprint density at radius 3 is 1.53 bits per heavy atom. The van der Waals surface area contributed by atoms with Crippen LogP contribution >= 0.6 is 0 Å². The van der Waals surface area contributed by atoms with Gasteiger partial charge in [-0.3, -0.25) is 4.79 Å². The van der Waals surface area contributed by atoms with Crippen molar-refractivity contribution in [2.45, 2.75) is 249 Å². The van der Waals surface area contributed by atoms with E-state index < -0.39 is 49.5 Å². The third-order valence-electron chi connectivity index (χ3n) is 11.0. The van der Waals surface area contributed by atoms with Crippen molar-refractivity contribution in [3.63, 3.8) is 0 Å². The highest BCUT2D eigenvalue weighted by Gasteiger charge is 2.44. The Morgan fingerprint density at radius 1 is 0.600 bits per heavy atom. The monoisotopic (exact) mass is 782 g/mol. The van der Waals surface area contributed by atoms with Crippen LogP contribution in [0.2, 0.25) is 0 Å². The van der Waals surface area contributed by atoms with Crippen LogP contribution in [0.3, 0.4) is 0 Å². The maximum absolute atomic E-state index is 12.9. The lowest BCUT2D eigenvalue weighted by molar-refractivity contribution is -0.302.